The summed E-state index contributed by atoms with van der Waals surface area (Å²) in [5.41, 5.74) is 0.182. The second-order valence-electron chi connectivity index (χ2n) is 4.11. The van der Waals surface area contributed by atoms with E-state index in [2.05, 4.69) is 5.32 Å². The minimum atomic E-state index is -3.90. The second kappa shape index (κ2) is 6.09. The Morgan fingerprint density at radius 3 is 2.21 bits per heavy atom. The minimum absolute atomic E-state index is 0.0215. The highest BCUT2D eigenvalue weighted by atomic mass is 35.5. The Morgan fingerprint density at radius 2 is 1.84 bits per heavy atom. The van der Waals surface area contributed by atoms with Gasteiger partial charge in [-0.2, -0.15) is 0 Å². The van der Waals surface area contributed by atoms with E-state index in [1.165, 1.54) is 0 Å². The lowest BCUT2D eigenvalue weighted by molar-refractivity contribution is -0.119. The van der Waals surface area contributed by atoms with Gasteiger partial charge < -0.3 is 5.32 Å². The summed E-state index contributed by atoms with van der Waals surface area (Å²) in [4.78, 5) is 11.6. The number of sulfonamides is 1. The number of nitrogens with two attached hydrogens (primary N) is 1. The number of carbonyl (C=O) groups is 1. The summed E-state index contributed by atoms with van der Waals surface area (Å²) in [6.45, 7) is 3.63. The van der Waals surface area contributed by atoms with Crippen molar-refractivity contribution in [3.8, 4) is 0 Å². The summed E-state index contributed by atoms with van der Waals surface area (Å²) >= 11 is 11.8. The number of amides is 1. The molecule has 0 aliphatic rings. The maximum absolute atomic E-state index is 11.8. The first-order valence-corrected chi connectivity index (χ1v) is 7.79. The van der Waals surface area contributed by atoms with Crippen molar-refractivity contribution in [2.45, 2.75) is 25.2 Å². The molecule has 0 spiro atoms. The van der Waals surface area contributed by atoms with E-state index in [1.807, 2.05) is 6.92 Å². The third kappa shape index (κ3) is 4.07. The van der Waals surface area contributed by atoms with Gasteiger partial charge in [0, 0.05) is 5.92 Å². The molecule has 1 unspecified atom stereocenters. The van der Waals surface area contributed by atoms with Crippen LogP contribution in [0.4, 0.5) is 5.69 Å². The molecule has 8 heteroatoms. The first kappa shape index (κ1) is 16.2. The van der Waals surface area contributed by atoms with Crippen LogP contribution in [0.1, 0.15) is 20.3 Å². The predicted octanol–water partition coefficient (Wildman–Crippen LogP) is 2.63. The summed E-state index contributed by atoms with van der Waals surface area (Å²) in [5.74, 6) is -0.445. The van der Waals surface area contributed by atoms with Gasteiger partial charge in [-0.15, -0.1) is 0 Å². The largest absolute Gasteiger partial charge is 0.323 e. The van der Waals surface area contributed by atoms with Gasteiger partial charge in [-0.25, -0.2) is 13.6 Å². The van der Waals surface area contributed by atoms with Gasteiger partial charge in [-0.1, -0.05) is 37.0 Å². The first-order valence-electron chi connectivity index (χ1n) is 5.49. The second-order valence-corrected chi connectivity index (χ2v) is 6.48. The summed E-state index contributed by atoms with van der Waals surface area (Å²) < 4.78 is 22.4. The van der Waals surface area contributed by atoms with E-state index in [4.69, 9.17) is 28.3 Å². The molecule has 0 aromatic heterocycles. The van der Waals surface area contributed by atoms with E-state index in [0.29, 0.717) is 6.42 Å². The minimum Gasteiger partial charge on any atom is -0.323 e. The third-order valence-corrected chi connectivity index (χ3v) is 4.14. The maximum Gasteiger partial charge on any atom is 0.238 e. The standard InChI is InChI=1S/C11H14Cl2N2O3S/c1-3-6(2)11(16)15-10-8(12)4-7(5-9(10)13)19(14,17)18/h4-6H,3H2,1-2H3,(H,15,16)(H2,14,17,18). The molecular weight excluding hydrogens is 311 g/mol. The number of carbonyl (C=O) groups excluding carboxylic acids is 1. The highest BCUT2D eigenvalue weighted by molar-refractivity contribution is 7.89. The lowest BCUT2D eigenvalue weighted by Gasteiger charge is -2.13. The fourth-order valence-corrected chi connectivity index (χ4v) is 2.54. The predicted molar refractivity (Wildman–Crippen MR) is 75.9 cm³/mol. The molecule has 19 heavy (non-hydrogen) atoms. The van der Waals surface area contributed by atoms with Crippen LogP contribution in [-0.4, -0.2) is 14.3 Å². The molecule has 0 bridgehead atoms. The zero-order valence-corrected chi connectivity index (χ0v) is 12.7. The number of benzene rings is 1. The van der Waals surface area contributed by atoms with Crippen LogP contribution >= 0.6 is 23.2 Å². The molecule has 0 saturated carbocycles. The van der Waals surface area contributed by atoms with Crippen LogP contribution < -0.4 is 10.5 Å². The summed E-state index contributed by atoms with van der Waals surface area (Å²) in [5, 5.41) is 7.60. The quantitative estimate of drug-likeness (QED) is 0.892. The Kier molecular flexibility index (Phi) is 5.20. The van der Waals surface area contributed by atoms with Gasteiger partial charge >= 0.3 is 0 Å². The molecular formula is C11H14Cl2N2O3S. The highest BCUT2D eigenvalue weighted by Crippen LogP contribution is 2.33. The molecule has 0 heterocycles. The first-order chi connectivity index (χ1) is 8.66. The number of anilines is 1. The number of hydrogen-bond acceptors (Lipinski definition) is 3. The van der Waals surface area contributed by atoms with Crippen molar-refractivity contribution in [1.29, 1.82) is 0 Å². The molecule has 106 valence electrons. The number of primary sulfonamides is 1. The Morgan fingerprint density at radius 1 is 1.37 bits per heavy atom. The van der Waals surface area contributed by atoms with E-state index < -0.39 is 10.0 Å². The van der Waals surface area contributed by atoms with Crippen molar-refractivity contribution in [3.05, 3.63) is 22.2 Å². The molecule has 1 rings (SSSR count). The van der Waals surface area contributed by atoms with Crippen molar-refractivity contribution < 1.29 is 13.2 Å². The van der Waals surface area contributed by atoms with Crippen LogP contribution in [0.5, 0.6) is 0 Å². The van der Waals surface area contributed by atoms with Crippen LogP contribution in [0.3, 0.4) is 0 Å². The molecule has 1 amide bonds. The molecule has 0 fully saturated rings. The van der Waals surface area contributed by atoms with E-state index in [1.54, 1.807) is 6.92 Å². The van der Waals surface area contributed by atoms with Gasteiger partial charge in [-0.05, 0) is 18.6 Å². The molecule has 0 aliphatic carbocycles. The van der Waals surface area contributed by atoms with Gasteiger partial charge in [0.2, 0.25) is 15.9 Å². The lowest BCUT2D eigenvalue weighted by Crippen LogP contribution is -2.20. The zero-order chi connectivity index (χ0) is 14.8. The van der Waals surface area contributed by atoms with Crippen molar-refractivity contribution in [1.82, 2.24) is 0 Å². The lowest BCUT2D eigenvalue weighted by atomic mass is 10.1. The molecule has 3 N–H and O–H groups in total. The average molecular weight is 325 g/mol. The number of nitrogens with one attached hydrogen (secondary N) is 1. The molecule has 0 saturated heterocycles. The fourth-order valence-electron chi connectivity index (χ4n) is 1.27. The molecule has 1 atom stereocenters. The Balaban J connectivity index is 3.15. The normalized spacial score (nSPS) is 13.1. The van der Waals surface area contributed by atoms with Crippen molar-refractivity contribution in [2.24, 2.45) is 11.1 Å². The zero-order valence-electron chi connectivity index (χ0n) is 10.4. The maximum atomic E-state index is 11.8. The molecule has 1 aromatic rings. The summed E-state index contributed by atoms with van der Waals surface area (Å²) in [6, 6.07) is 2.30. The SMILES string of the molecule is CCC(C)C(=O)Nc1c(Cl)cc(S(N)(=O)=O)cc1Cl. The van der Waals surface area contributed by atoms with Gasteiger partial charge in [0.15, 0.2) is 0 Å². The van der Waals surface area contributed by atoms with Crippen LogP contribution in [0.15, 0.2) is 17.0 Å². The van der Waals surface area contributed by atoms with E-state index >= 15 is 0 Å². The van der Waals surface area contributed by atoms with Crippen LogP contribution in [0, 0.1) is 5.92 Å². The Hall–Kier alpha value is -0.820. The third-order valence-electron chi connectivity index (χ3n) is 2.65. The number of halogens is 2. The van der Waals surface area contributed by atoms with Gasteiger partial charge in [0.05, 0.1) is 20.6 Å². The van der Waals surface area contributed by atoms with E-state index in [0.717, 1.165) is 12.1 Å². The molecule has 5 nitrogen and oxygen atoms in total. The summed E-state index contributed by atoms with van der Waals surface area (Å²) in [6.07, 6.45) is 0.663. The fraction of sp³-hybridized carbons (Fsp3) is 0.364. The molecule has 1 aromatic carbocycles. The van der Waals surface area contributed by atoms with Crippen molar-refractivity contribution in [2.75, 3.05) is 5.32 Å². The van der Waals surface area contributed by atoms with Crippen LogP contribution in [-0.2, 0) is 14.8 Å². The highest BCUT2D eigenvalue weighted by Gasteiger charge is 2.18. The van der Waals surface area contributed by atoms with Crippen molar-refractivity contribution in [3.63, 3.8) is 0 Å². The average Bonchev–Trinajstić information content (AvgIpc) is 2.30. The van der Waals surface area contributed by atoms with Gasteiger partial charge in [0.1, 0.15) is 0 Å². The monoisotopic (exact) mass is 324 g/mol. The smallest absolute Gasteiger partial charge is 0.238 e. The van der Waals surface area contributed by atoms with Crippen LogP contribution in [0.2, 0.25) is 10.0 Å². The Bertz CT molecular complexity index is 579. The van der Waals surface area contributed by atoms with Crippen LogP contribution in [0.25, 0.3) is 0 Å². The summed E-state index contributed by atoms with van der Waals surface area (Å²) in [7, 11) is -3.90. The molecule has 0 aliphatic heterocycles. The topological polar surface area (TPSA) is 89.3 Å². The van der Waals surface area contributed by atoms with Gasteiger partial charge in [0.25, 0.3) is 0 Å². The van der Waals surface area contributed by atoms with Crippen molar-refractivity contribution >= 4 is 44.8 Å². The Labute approximate surface area is 122 Å². The number of rotatable bonds is 4. The number of hydrogen-bond donors (Lipinski definition) is 2. The van der Waals surface area contributed by atoms with Gasteiger partial charge in [-0.3, -0.25) is 4.79 Å². The van der Waals surface area contributed by atoms with E-state index in [9.17, 15) is 13.2 Å². The van der Waals surface area contributed by atoms with E-state index in [-0.39, 0.29) is 32.5 Å². The molecule has 0 radical (unpaired) electrons.